The number of carboxylic acids is 1. The van der Waals surface area contributed by atoms with E-state index in [1.807, 2.05) is 20.8 Å². The van der Waals surface area contributed by atoms with E-state index in [1.165, 1.54) is 4.90 Å². The fraction of sp³-hybridized carbons (Fsp3) is 0.867. The van der Waals surface area contributed by atoms with Gasteiger partial charge in [0.2, 0.25) is 0 Å². The van der Waals surface area contributed by atoms with Crippen LogP contribution >= 0.6 is 0 Å². The minimum atomic E-state index is -0.949. The first kappa shape index (κ1) is 16.8. The summed E-state index contributed by atoms with van der Waals surface area (Å²) in [6.07, 6.45) is 1.10. The molecule has 0 aromatic heterocycles. The second-order valence-corrected chi connectivity index (χ2v) is 7.57. The number of likely N-dealkylation sites (tertiary alicyclic amines) is 1. The standard InChI is InChI=1S/C15H27NO4/c1-14(2,3)10-8-7-9-16(11(10)12(17)18)13(19)20-15(4,5)6/h10-11H,7-9H2,1-6H3,(H,17,18)/t10-,11-/m1/s1. The lowest BCUT2D eigenvalue weighted by Gasteiger charge is -2.44. The molecule has 1 rings (SSSR count). The van der Waals surface area contributed by atoms with Gasteiger partial charge in [0.1, 0.15) is 11.6 Å². The van der Waals surface area contributed by atoms with Crippen molar-refractivity contribution in [2.45, 2.75) is 66.0 Å². The van der Waals surface area contributed by atoms with Crippen molar-refractivity contribution in [3.8, 4) is 0 Å². The highest BCUT2D eigenvalue weighted by molar-refractivity contribution is 5.81. The summed E-state index contributed by atoms with van der Waals surface area (Å²) in [5.74, 6) is -1.02. The van der Waals surface area contributed by atoms with Crippen LogP contribution in [0.15, 0.2) is 0 Å². The normalized spacial score (nSPS) is 24.4. The maximum absolute atomic E-state index is 12.2. The quantitative estimate of drug-likeness (QED) is 0.803. The highest BCUT2D eigenvalue weighted by Crippen LogP contribution is 2.38. The van der Waals surface area contributed by atoms with Crippen LogP contribution in [-0.2, 0) is 9.53 Å². The maximum atomic E-state index is 12.2. The van der Waals surface area contributed by atoms with Crippen LogP contribution < -0.4 is 0 Å². The lowest BCUT2D eigenvalue weighted by atomic mass is 9.71. The molecule has 0 aromatic carbocycles. The summed E-state index contributed by atoms with van der Waals surface area (Å²) in [6, 6.07) is -0.807. The molecule has 1 aliphatic heterocycles. The van der Waals surface area contributed by atoms with Crippen molar-refractivity contribution in [1.29, 1.82) is 0 Å². The monoisotopic (exact) mass is 285 g/mol. The minimum absolute atomic E-state index is 0.0683. The lowest BCUT2D eigenvalue weighted by molar-refractivity contribution is -0.149. The molecule has 1 heterocycles. The first-order chi connectivity index (χ1) is 8.93. The van der Waals surface area contributed by atoms with E-state index in [-0.39, 0.29) is 11.3 Å². The summed E-state index contributed by atoms with van der Waals surface area (Å²) in [7, 11) is 0. The van der Waals surface area contributed by atoms with Crippen molar-refractivity contribution < 1.29 is 19.4 Å². The van der Waals surface area contributed by atoms with Crippen LogP contribution in [0.4, 0.5) is 4.79 Å². The molecule has 1 saturated heterocycles. The molecule has 1 fully saturated rings. The van der Waals surface area contributed by atoms with E-state index in [4.69, 9.17) is 4.74 Å². The van der Waals surface area contributed by atoms with Gasteiger partial charge in [0.05, 0.1) is 0 Å². The van der Waals surface area contributed by atoms with E-state index in [0.717, 1.165) is 12.8 Å². The molecule has 20 heavy (non-hydrogen) atoms. The van der Waals surface area contributed by atoms with Crippen LogP contribution in [-0.4, -0.2) is 40.3 Å². The Balaban J connectivity index is 2.99. The summed E-state index contributed by atoms with van der Waals surface area (Å²) in [4.78, 5) is 25.3. The predicted molar refractivity (Wildman–Crippen MR) is 76.5 cm³/mol. The van der Waals surface area contributed by atoms with Crippen molar-refractivity contribution in [2.24, 2.45) is 11.3 Å². The van der Waals surface area contributed by atoms with E-state index in [9.17, 15) is 14.7 Å². The highest BCUT2D eigenvalue weighted by Gasteiger charge is 2.45. The van der Waals surface area contributed by atoms with Gasteiger partial charge in [0, 0.05) is 6.54 Å². The molecule has 5 heteroatoms. The highest BCUT2D eigenvalue weighted by atomic mass is 16.6. The molecule has 1 amide bonds. The molecule has 0 radical (unpaired) electrons. The molecule has 2 atom stereocenters. The Morgan fingerprint density at radius 1 is 1.15 bits per heavy atom. The van der Waals surface area contributed by atoms with Gasteiger partial charge in [-0.3, -0.25) is 4.90 Å². The molecule has 116 valence electrons. The molecule has 0 aromatic rings. The number of hydrogen-bond acceptors (Lipinski definition) is 3. The molecule has 0 spiro atoms. The zero-order valence-electron chi connectivity index (χ0n) is 13.4. The van der Waals surface area contributed by atoms with Gasteiger partial charge in [0.25, 0.3) is 0 Å². The second-order valence-electron chi connectivity index (χ2n) is 7.57. The van der Waals surface area contributed by atoms with Gasteiger partial charge in [-0.2, -0.15) is 0 Å². The number of amides is 1. The fourth-order valence-electron chi connectivity index (χ4n) is 2.73. The maximum Gasteiger partial charge on any atom is 0.411 e. The van der Waals surface area contributed by atoms with Gasteiger partial charge in [-0.15, -0.1) is 0 Å². The zero-order chi connectivity index (χ0) is 15.7. The average molecular weight is 285 g/mol. The number of hydrogen-bond donors (Lipinski definition) is 1. The molecule has 0 bridgehead atoms. The van der Waals surface area contributed by atoms with Crippen molar-refractivity contribution in [2.75, 3.05) is 6.54 Å². The number of ether oxygens (including phenoxy) is 1. The van der Waals surface area contributed by atoms with E-state index in [0.29, 0.717) is 6.54 Å². The third-order valence-electron chi connectivity index (χ3n) is 3.62. The van der Waals surface area contributed by atoms with Crippen molar-refractivity contribution in [3.63, 3.8) is 0 Å². The Kier molecular flexibility index (Phi) is 4.72. The summed E-state index contributed by atoms with van der Waals surface area (Å²) in [5.41, 5.74) is -0.779. The summed E-state index contributed by atoms with van der Waals surface area (Å²) < 4.78 is 5.34. The number of carbonyl (C=O) groups excluding carboxylic acids is 1. The van der Waals surface area contributed by atoms with Crippen molar-refractivity contribution in [3.05, 3.63) is 0 Å². The number of piperidine rings is 1. The van der Waals surface area contributed by atoms with Crippen LogP contribution in [0, 0.1) is 11.3 Å². The van der Waals surface area contributed by atoms with Crippen molar-refractivity contribution >= 4 is 12.1 Å². The predicted octanol–water partition coefficient (Wildman–Crippen LogP) is 3.13. The van der Waals surface area contributed by atoms with Crippen LogP contribution in [0.3, 0.4) is 0 Å². The molecular formula is C15H27NO4. The Morgan fingerprint density at radius 3 is 2.10 bits per heavy atom. The summed E-state index contributed by atoms with van der Waals surface area (Å²) in [6.45, 7) is 11.9. The molecular weight excluding hydrogens is 258 g/mol. The van der Waals surface area contributed by atoms with Crippen LogP contribution in [0.5, 0.6) is 0 Å². The van der Waals surface area contributed by atoms with Crippen molar-refractivity contribution in [1.82, 2.24) is 4.90 Å². The Hall–Kier alpha value is -1.26. The molecule has 1 aliphatic rings. The van der Waals surface area contributed by atoms with Crippen LogP contribution in [0.25, 0.3) is 0 Å². The van der Waals surface area contributed by atoms with Gasteiger partial charge < -0.3 is 9.84 Å². The van der Waals surface area contributed by atoms with Gasteiger partial charge in [-0.05, 0) is 44.9 Å². The van der Waals surface area contributed by atoms with Gasteiger partial charge in [0.15, 0.2) is 0 Å². The molecule has 5 nitrogen and oxygen atoms in total. The minimum Gasteiger partial charge on any atom is -0.480 e. The van der Waals surface area contributed by atoms with E-state index in [1.54, 1.807) is 20.8 Å². The number of carbonyl (C=O) groups is 2. The third kappa shape index (κ3) is 4.12. The zero-order valence-corrected chi connectivity index (χ0v) is 13.4. The van der Waals surface area contributed by atoms with Crippen LogP contribution in [0.1, 0.15) is 54.4 Å². The average Bonchev–Trinajstić information content (AvgIpc) is 2.24. The van der Waals surface area contributed by atoms with Crippen LogP contribution in [0.2, 0.25) is 0 Å². The van der Waals surface area contributed by atoms with Gasteiger partial charge in [-0.1, -0.05) is 20.8 Å². The van der Waals surface area contributed by atoms with Gasteiger partial charge in [-0.25, -0.2) is 9.59 Å². The lowest BCUT2D eigenvalue weighted by Crippen LogP contribution is -2.56. The smallest absolute Gasteiger partial charge is 0.411 e. The number of carboxylic acid groups (broad SMARTS) is 1. The number of aliphatic carboxylic acids is 1. The Bertz CT molecular complexity index is 378. The third-order valence-corrected chi connectivity index (χ3v) is 3.62. The van der Waals surface area contributed by atoms with Gasteiger partial charge >= 0.3 is 12.1 Å². The molecule has 0 aliphatic carbocycles. The topological polar surface area (TPSA) is 66.8 Å². The number of rotatable bonds is 1. The first-order valence-electron chi connectivity index (χ1n) is 7.16. The molecule has 1 N–H and O–H groups in total. The van der Waals surface area contributed by atoms with E-state index >= 15 is 0 Å². The largest absolute Gasteiger partial charge is 0.480 e. The van der Waals surface area contributed by atoms with E-state index in [2.05, 4.69) is 0 Å². The summed E-state index contributed by atoms with van der Waals surface area (Å²) >= 11 is 0. The molecule has 0 saturated carbocycles. The van der Waals surface area contributed by atoms with E-state index < -0.39 is 23.7 Å². The SMILES string of the molecule is CC(C)(C)OC(=O)N1CCC[C@@H](C(C)(C)C)[C@@H]1C(=O)O. The molecule has 0 unspecified atom stereocenters. The Labute approximate surface area is 121 Å². The summed E-state index contributed by atoms with van der Waals surface area (Å²) in [5, 5.41) is 9.54. The number of nitrogens with zero attached hydrogens (tertiary/aromatic N) is 1. The second kappa shape index (κ2) is 5.62. The fourth-order valence-corrected chi connectivity index (χ4v) is 2.73. The first-order valence-corrected chi connectivity index (χ1v) is 7.16. The Morgan fingerprint density at radius 2 is 1.70 bits per heavy atom.